The molecule has 0 aliphatic carbocycles. The topological polar surface area (TPSA) is 56.1 Å². The Kier molecular flexibility index (Phi) is 7.86. The van der Waals surface area contributed by atoms with Crippen molar-refractivity contribution in [1.29, 1.82) is 0 Å². The molecular formula is C28H30ClN3O2. The number of hydrogen-bond donors (Lipinski definition) is 1. The summed E-state index contributed by atoms with van der Waals surface area (Å²) in [5.74, 6) is 1.83. The fraction of sp³-hybridized carbons (Fsp3) is 0.286. The van der Waals surface area contributed by atoms with E-state index in [0.717, 1.165) is 42.0 Å². The monoisotopic (exact) mass is 475 g/mol. The van der Waals surface area contributed by atoms with Crippen molar-refractivity contribution in [2.75, 3.05) is 13.2 Å². The van der Waals surface area contributed by atoms with E-state index in [0.29, 0.717) is 30.2 Å². The van der Waals surface area contributed by atoms with E-state index in [9.17, 15) is 4.79 Å². The van der Waals surface area contributed by atoms with Crippen molar-refractivity contribution in [1.82, 2.24) is 14.9 Å². The molecule has 3 aromatic carbocycles. The first-order valence-corrected chi connectivity index (χ1v) is 12.1. The van der Waals surface area contributed by atoms with Crippen LogP contribution in [0.5, 0.6) is 5.75 Å². The zero-order chi connectivity index (χ0) is 23.9. The zero-order valence-corrected chi connectivity index (χ0v) is 20.4. The lowest BCUT2D eigenvalue weighted by Crippen LogP contribution is -2.26. The molecule has 5 nitrogen and oxygen atoms in total. The van der Waals surface area contributed by atoms with Gasteiger partial charge >= 0.3 is 0 Å². The van der Waals surface area contributed by atoms with Crippen molar-refractivity contribution in [3.8, 4) is 5.75 Å². The Morgan fingerprint density at radius 2 is 1.79 bits per heavy atom. The Labute approximate surface area is 205 Å². The van der Waals surface area contributed by atoms with Gasteiger partial charge in [-0.25, -0.2) is 4.98 Å². The minimum Gasteiger partial charge on any atom is -0.493 e. The standard InChI is InChI=1S/C28H30ClN3O2/c1-20-8-7-11-26(21(20)2)34-19-6-5-18-32-25-10-4-3-9-24(25)31-27(32)16-17-30-28(33)22-12-14-23(29)15-13-22/h3-4,7-15H,5-6,16-19H2,1-2H3,(H,30,33). The predicted molar refractivity (Wildman–Crippen MR) is 138 cm³/mol. The van der Waals surface area contributed by atoms with E-state index < -0.39 is 0 Å². The second-order valence-corrected chi connectivity index (χ2v) is 8.87. The van der Waals surface area contributed by atoms with Crippen molar-refractivity contribution < 1.29 is 9.53 Å². The molecule has 0 saturated heterocycles. The molecule has 0 bridgehead atoms. The fourth-order valence-corrected chi connectivity index (χ4v) is 4.12. The van der Waals surface area contributed by atoms with Gasteiger partial charge in [0.15, 0.2) is 0 Å². The number of carbonyl (C=O) groups is 1. The van der Waals surface area contributed by atoms with Gasteiger partial charge in [0.25, 0.3) is 5.91 Å². The molecule has 0 radical (unpaired) electrons. The first-order valence-electron chi connectivity index (χ1n) is 11.7. The Balaban J connectivity index is 1.33. The molecule has 1 heterocycles. The van der Waals surface area contributed by atoms with Gasteiger partial charge in [-0.2, -0.15) is 0 Å². The van der Waals surface area contributed by atoms with E-state index in [-0.39, 0.29) is 5.91 Å². The number of nitrogens with one attached hydrogen (secondary N) is 1. The van der Waals surface area contributed by atoms with Crippen molar-refractivity contribution in [2.45, 2.75) is 39.7 Å². The van der Waals surface area contributed by atoms with Crippen LogP contribution in [0.25, 0.3) is 11.0 Å². The van der Waals surface area contributed by atoms with Crippen molar-refractivity contribution >= 4 is 28.5 Å². The Hall–Kier alpha value is -3.31. The summed E-state index contributed by atoms with van der Waals surface area (Å²) in [4.78, 5) is 17.2. The van der Waals surface area contributed by atoms with E-state index >= 15 is 0 Å². The molecule has 0 spiro atoms. The summed E-state index contributed by atoms with van der Waals surface area (Å²) in [6.07, 6.45) is 2.59. The maximum atomic E-state index is 12.4. The van der Waals surface area contributed by atoms with E-state index in [2.05, 4.69) is 35.9 Å². The fourth-order valence-electron chi connectivity index (χ4n) is 3.99. The average molecular weight is 476 g/mol. The second kappa shape index (κ2) is 11.2. The number of aromatic nitrogens is 2. The number of rotatable bonds is 10. The lowest BCUT2D eigenvalue weighted by atomic mass is 10.1. The third-order valence-corrected chi connectivity index (χ3v) is 6.31. The minimum atomic E-state index is -0.108. The number of aryl methyl sites for hydroxylation is 2. The van der Waals surface area contributed by atoms with Gasteiger partial charge in [-0.15, -0.1) is 0 Å². The molecule has 4 aromatic rings. The highest BCUT2D eigenvalue weighted by Gasteiger charge is 2.12. The highest BCUT2D eigenvalue weighted by Crippen LogP contribution is 2.21. The largest absolute Gasteiger partial charge is 0.493 e. The Morgan fingerprint density at radius 1 is 1.00 bits per heavy atom. The van der Waals surface area contributed by atoms with Crippen LogP contribution in [-0.4, -0.2) is 28.6 Å². The highest BCUT2D eigenvalue weighted by molar-refractivity contribution is 6.30. The Bertz CT molecular complexity index is 1260. The molecule has 0 saturated carbocycles. The first kappa shape index (κ1) is 23.8. The number of nitrogens with zero attached hydrogens (tertiary/aromatic N) is 2. The van der Waals surface area contributed by atoms with Crippen LogP contribution < -0.4 is 10.1 Å². The summed E-state index contributed by atoms with van der Waals surface area (Å²) >= 11 is 5.91. The minimum absolute atomic E-state index is 0.108. The molecule has 0 unspecified atom stereocenters. The molecule has 0 aliphatic rings. The first-order chi connectivity index (χ1) is 16.5. The smallest absolute Gasteiger partial charge is 0.251 e. The number of ether oxygens (including phenoxy) is 1. The molecule has 4 rings (SSSR count). The van der Waals surface area contributed by atoms with Crippen LogP contribution in [0, 0.1) is 13.8 Å². The van der Waals surface area contributed by atoms with Crippen LogP contribution in [0.1, 0.15) is 40.2 Å². The van der Waals surface area contributed by atoms with Crippen LogP contribution >= 0.6 is 11.6 Å². The number of hydrogen-bond acceptors (Lipinski definition) is 3. The maximum Gasteiger partial charge on any atom is 0.251 e. The normalized spacial score (nSPS) is 11.0. The van der Waals surface area contributed by atoms with Gasteiger partial charge in [-0.05, 0) is 80.3 Å². The van der Waals surface area contributed by atoms with Crippen molar-refractivity contribution in [2.24, 2.45) is 0 Å². The Morgan fingerprint density at radius 3 is 2.62 bits per heavy atom. The zero-order valence-electron chi connectivity index (χ0n) is 19.7. The number of fused-ring (bicyclic) bond motifs is 1. The van der Waals surface area contributed by atoms with Crippen LogP contribution in [-0.2, 0) is 13.0 Å². The van der Waals surface area contributed by atoms with Gasteiger partial charge in [0, 0.05) is 30.1 Å². The van der Waals surface area contributed by atoms with E-state index in [4.69, 9.17) is 21.3 Å². The van der Waals surface area contributed by atoms with E-state index in [1.54, 1.807) is 24.3 Å². The summed E-state index contributed by atoms with van der Waals surface area (Å²) in [5.41, 5.74) is 5.15. The molecule has 0 fully saturated rings. The molecule has 34 heavy (non-hydrogen) atoms. The van der Waals surface area contributed by atoms with Crippen molar-refractivity contribution in [3.05, 3.63) is 94.3 Å². The number of benzene rings is 3. The van der Waals surface area contributed by atoms with E-state index in [1.807, 2.05) is 30.3 Å². The summed E-state index contributed by atoms with van der Waals surface area (Å²) in [5, 5.41) is 3.60. The predicted octanol–water partition coefficient (Wildman–Crippen LogP) is 6.14. The molecule has 176 valence electrons. The summed E-state index contributed by atoms with van der Waals surface area (Å²) in [6.45, 7) is 6.26. The number of halogens is 1. The van der Waals surface area contributed by atoms with Crippen LogP contribution in [0.3, 0.4) is 0 Å². The molecule has 6 heteroatoms. The average Bonchev–Trinajstić information content (AvgIpc) is 3.19. The van der Waals surface area contributed by atoms with Crippen LogP contribution in [0.4, 0.5) is 0 Å². The number of amides is 1. The summed E-state index contributed by atoms with van der Waals surface area (Å²) in [7, 11) is 0. The second-order valence-electron chi connectivity index (χ2n) is 8.43. The van der Waals surface area contributed by atoms with Crippen LogP contribution in [0.15, 0.2) is 66.7 Å². The van der Waals surface area contributed by atoms with Crippen molar-refractivity contribution in [3.63, 3.8) is 0 Å². The van der Waals surface area contributed by atoms with Gasteiger partial charge in [0.2, 0.25) is 0 Å². The van der Waals surface area contributed by atoms with Crippen LogP contribution in [0.2, 0.25) is 5.02 Å². The highest BCUT2D eigenvalue weighted by atomic mass is 35.5. The number of para-hydroxylation sites is 2. The molecular weight excluding hydrogens is 446 g/mol. The third kappa shape index (κ3) is 5.78. The number of imidazole rings is 1. The molecule has 1 N–H and O–H groups in total. The maximum absolute atomic E-state index is 12.4. The van der Waals surface area contributed by atoms with Gasteiger partial charge < -0.3 is 14.6 Å². The van der Waals surface area contributed by atoms with Gasteiger partial charge in [0.1, 0.15) is 11.6 Å². The lowest BCUT2D eigenvalue weighted by molar-refractivity contribution is 0.0954. The van der Waals surface area contributed by atoms with Gasteiger partial charge in [-0.3, -0.25) is 4.79 Å². The number of carbonyl (C=O) groups excluding carboxylic acids is 1. The SMILES string of the molecule is Cc1cccc(OCCCCn2c(CCNC(=O)c3ccc(Cl)cc3)nc3ccccc32)c1C. The van der Waals surface area contributed by atoms with Gasteiger partial charge in [0.05, 0.1) is 17.6 Å². The third-order valence-electron chi connectivity index (χ3n) is 6.06. The van der Waals surface area contributed by atoms with Gasteiger partial charge in [-0.1, -0.05) is 35.9 Å². The summed E-state index contributed by atoms with van der Waals surface area (Å²) in [6, 6.07) is 21.2. The number of unbranched alkanes of at least 4 members (excludes halogenated alkanes) is 1. The lowest BCUT2D eigenvalue weighted by Gasteiger charge is -2.12. The van der Waals surface area contributed by atoms with E-state index in [1.165, 1.54) is 11.1 Å². The molecule has 0 aliphatic heterocycles. The molecule has 0 atom stereocenters. The summed E-state index contributed by atoms with van der Waals surface area (Å²) < 4.78 is 8.28. The molecule has 1 amide bonds. The quantitative estimate of drug-likeness (QED) is 0.280. The molecule has 1 aromatic heterocycles.